The van der Waals surface area contributed by atoms with Gasteiger partial charge in [0.1, 0.15) is 5.75 Å². The highest BCUT2D eigenvalue weighted by atomic mass is 32.2. The maximum Gasteiger partial charge on any atom is 0.264 e. The summed E-state index contributed by atoms with van der Waals surface area (Å²) in [6, 6.07) is 21.4. The molecular formula is C26H29N3O4S2. The Labute approximate surface area is 211 Å². The summed E-state index contributed by atoms with van der Waals surface area (Å²) in [5.41, 5.74) is 2.06. The Bertz CT molecular complexity index is 1270. The monoisotopic (exact) mass is 511 g/mol. The van der Waals surface area contributed by atoms with E-state index in [1.165, 1.54) is 11.4 Å². The molecule has 1 aliphatic rings. The van der Waals surface area contributed by atoms with Crippen LogP contribution in [0.25, 0.3) is 0 Å². The number of carbonyl (C=O) groups is 1. The number of hydrogen-bond acceptors (Lipinski definition) is 6. The Balaban J connectivity index is 1.41. The van der Waals surface area contributed by atoms with Gasteiger partial charge >= 0.3 is 0 Å². The van der Waals surface area contributed by atoms with E-state index in [2.05, 4.69) is 4.90 Å². The molecule has 35 heavy (non-hydrogen) atoms. The molecule has 1 heterocycles. The molecule has 7 nitrogen and oxygen atoms in total. The van der Waals surface area contributed by atoms with Gasteiger partial charge in [-0.2, -0.15) is 0 Å². The lowest BCUT2D eigenvalue weighted by atomic mass is 10.1. The van der Waals surface area contributed by atoms with E-state index in [1.54, 1.807) is 67.4 Å². The molecule has 0 N–H and O–H groups in total. The van der Waals surface area contributed by atoms with Crippen LogP contribution in [-0.4, -0.2) is 65.8 Å². The Hall–Kier alpha value is -3.17. The molecule has 9 heteroatoms. The van der Waals surface area contributed by atoms with E-state index in [1.807, 2.05) is 35.4 Å². The van der Waals surface area contributed by atoms with Gasteiger partial charge in [-0.05, 0) is 66.9 Å². The third-order valence-electron chi connectivity index (χ3n) is 6.19. The molecule has 3 aromatic rings. The smallest absolute Gasteiger partial charge is 0.264 e. The molecule has 1 aliphatic heterocycles. The lowest BCUT2D eigenvalue weighted by Crippen LogP contribution is -2.48. The molecule has 0 bridgehead atoms. The van der Waals surface area contributed by atoms with Crippen LogP contribution in [0.1, 0.15) is 10.4 Å². The fraction of sp³-hybridized carbons (Fsp3) is 0.269. The fourth-order valence-corrected chi connectivity index (χ4v) is 5.69. The van der Waals surface area contributed by atoms with E-state index in [9.17, 15) is 13.2 Å². The van der Waals surface area contributed by atoms with Gasteiger partial charge in [-0.15, -0.1) is 11.8 Å². The Morgan fingerprint density at radius 2 is 1.54 bits per heavy atom. The molecule has 1 amide bonds. The van der Waals surface area contributed by atoms with E-state index in [4.69, 9.17) is 4.74 Å². The lowest BCUT2D eigenvalue weighted by molar-refractivity contribution is 0.0746. The zero-order valence-electron chi connectivity index (χ0n) is 20.0. The standard InChI is InChI=1S/C26H29N3O4S2/c1-27(35(31,32)23-14-12-22(34-3)13-15-23)21-10-8-20(9-11-21)26(30)29-18-16-28(17-19-29)24-6-4-5-7-25(24)33-2/h4-15H,16-19H2,1-3H3. The number of para-hydroxylation sites is 2. The van der Waals surface area contributed by atoms with Gasteiger partial charge in [0, 0.05) is 43.7 Å². The summed E-state index contributed by atoms with van der Waals surface area (Å²) in [6.07, 6.45) is 1.94. The third kappa shape index (κ3) is 5.26. The topological polar surface area (TPSA) is 70.2 Å². The van der Waals surface area contributed by atoms with Crippen LogP contribution >= 0.6 is 11.8 Å². The Kier molecular flexibility index (Phi) is 7.57. The molecule has 0 aromatic heterocycles. The van der Waals surface area contributed by atoms with Crippen molar-refractivity contribution < 1.29 is 17.9 Å². The summed E-state index contributed by atoms with van der Waals surface area (Å²) in [5.74, 6) is 0.761. The van der Waals surface area contributed by atoms with Crippen LogP contribution in [0, 0.1) is 0 Å². The van der Waals surface area contributed by atoms with Crippen molar-refractivity contribution >= 4 is 39.1 Å². The first-order valence-electron chi connectivity index (χ1n) is 11.3. The van der Waals surface area contributed by atoms with E-state index in [0.29, 0.717) is 37.4 Å². The van der Waals surface area contributed by atoms with Crippen molar-refractivity contribution in [3.63, 3.8) is 0 Å². The summed E-state index contributed by atoms with van der Waals surface area (Å²) >= 11 is 1.56. The van der Waals surface area contributed by atoms with Gasteiger partial charge in [-0.1, -0.05) is 12.1 Å². The molecular weight excluding hydrogens is 482 g/mol. The molecule has 1 saturated heterocycles. The van der Waals surface area contributed by atoms with Gasteiger partial charge in [0.2, 0.25) is 0 Å². The number of nitrogens with zero attached hydrogens (tertiary/aromatic N) is 3. The van der Waals surface area contributed by atoms with Crippen molar-refractivity contribution in [3.05, 3.63) is 78.4 Å². The van der Waals surface area contributed by atoms with Crippen molar-refractivity contribution in [2.24, 2.45) is 0 Å². The maximum atomic E-state index is 13.1. The number of methoxy groups -OCH3 is 1. The minimum Gasteiger partial charge on any atom is -0.495 e. The highest BCUT2D eigenvalue weighted by molar-refractivity contribution is 7.98. The number of anilines is 2. The highest BCUT2D eigenvalue weighted by Gasteiger charge is 2.25. The number of amides is 1. The first kappa shape index (κ1) is 24.9. The molecule has 184 valence electrons. The predicted molar refractivity (Wildman–Crippen MR) is 141 cm³/mol. The maximum absolute atomic E-state index is 13.1. The third-order valence-corrected chi connectivity index (χ3v) is 8.73. The number of thioether (sulfide) groups is 1. The van der Waals surface area contributed by atoms with E-state index < -0.39 is 10.0 Å². The molecule has 0 radical (unpaired) electrons. The SMILES string of the molecule is COc1ccccc1N1CCN(C(=O)c2ccc(N(C)S(=O)(=O)c3ccc(SC)cc3)cc2)CC1. The number of sulfonamides is 1. The largest absolute Gasteiger partial charge is 0.495 e. The van der Waals surface area contributed by atoms with E-state index >= 15 is 0 Å². The van der Waals surface area contributed by atoms with Crippen LogP contribution in [0.2, 0.25) is 0 Å². The van der Waals surface area contributed by atoms with Gasteiger partial charge in [-0.25, -0.2) is 8.42 Å². The van der Waals surface area contributed by atoms with Crippen molar-refractivity contribution in [2.45, 2.75) is 9.79 Å². The second kappa shape index (κ2) is 10.6. The minimum atomic E-state index is -3.70. The zero-order chi connectivity index (χ0) is 25.0. The van der Waals surface area contributed by atoms with Crippen molar-refractivity contribution in [3.8, 4) is 5.75 Å². The number of rotatable bonds is 7. The number of carbonyl (C=O) groups excluding carboxylic acids is 1. The van der Waals surface area contributed by atoms with Crippen LogP contribution in [0.15, 0.2) is 82.6 Å². The van der Waals surface area contributed by atoms with Crippen molar-refractivity contribution in [2.75, 3.05) is 55.8 Å². The normalized spacial score (nSPS) is 14.0. The number of ether oxygens (including phenoxy) is 1. The van der Waals surface area contributed by atoms with Gasteiger partial charge in [0.05, 0.1) is 23.4 Å². The fourth-order valence-electron chi connectivity index (χ4n) is 4.08. The first-order valence-corrected chi connectivity index (χ1v) is 13.9. The van der Waals surface area contributed by atoms with Crippen LogP contribution < -0.4 is 13.9 Å². The molecule has 0 spiro atoms. The van der Waals surface area contributed by atoms with Gasteiger partial charge < -0.3 is 14.5 Å². The lowest BCUT2D eigenvalue weighted by Gasteiger charge is -2.36. The number of piperazine rings is 1. The van der Waals surface area contributed by atoms with Crippen LogP contribution in [-0.2, 0) is 10.0 Å². The summed E-state index contributed by atoms with van der Waals surface area (Å²) in [7, 11) is -0.517. The predicted octanol–water partition coefficient (Wildman–Crippen LogP) is 4.20. The Morgan fingerprint density at radius 3 is 2.14 bits per heavy atom. The summed E-state index contributed by atoms with van der Waals surface area (Å²) in [5, 5.41) is 0. The molecule has 0 aliphatic carbocycles. The Morgan fingerprint density at radius 1 is 0.914 bits per heavy atom. The first-order chi connectivity index (χ1) is 16.8. The molecule has 0 atom stereocenters. The van der Waals surface area contributed by atoms with Crippen LogP contribution in [0.4, 0.5) is 11.4 Å². The highest BCUT2D eigenvalue weighted by Crippen LogP contribution is 2.29. The van der Waals surface area contributed by atoms with E-state index in [-0.39, 0.29) is 10.8 Å². The van der Waals surface area contributed by atoms with Crippen molar-refractivity contribution in [1.82, 2.24) is 4.90 Å². The second-order valence-electron chi connectivity index (χ2n) is 8.15. The van der Waals surface area contributed by atoms with Crippen LogP contribution in [0.5, 0.6) is 5.75 Å². The molecule has 1 fully saturated rings. The quantitative estimate of drug-likeness (QED) is 0.443. The minimum absolute atomic E-state index is 0.0607. The molecule has 4 rings (SSSR count). The second-order valence-corrected chi connectivity index (χ2v) is 11.0. The van der Waals surface area contributed by atoms with Crippen LogP contribution in [0.3, 0.4) is 0 Å². The molecule has 0 unspecified atom stereocenters. The van der Waals surface area contributed by atoms with Gasteiger partial charge in [0.15, 0.2) is 0 Å². The van der Waals surface area contributed by atoms with E-state index in [0.717, 1.165) is 16.3 Å². The molecule has 3 aromatic carbocycles. The van der Waals surface area contributed by atoms with Gasteiger partial charge in [0.25, 0.3) is 15.9 Å². The average molecular weight is 512 g/mol. The number of benzene rings is 3. The van der Waals surface area contributed by atoms with Crippen molar-refractivity contribution in [1.29, 1.82) is 0 Å². The molecule has 0 saturated carbocycles. The zero-order valence-corrected chi connectivity index (χ0v) is 21.7. The summed E-state index contributed by atoms with van der Waals surface area (Å²) < 4.78 is 32.7. The number of hydrogen-bond donors (Lipinski definition) is 0. The van der Waals surface area contributed by atoms with Gasteiger partial charge in [-0.3, -0.25) is 9.10 Å². The average Bonchev–Trinajstić information content (AvgIpc) is 2.92. The summed E-state index contributed by atoms with van der Waals surface area (Å²) in [6.45, 7) is 2.61. The summed E-state index contributed by atoms with van der Waals surface area (Å²) in [4.78, 5) is 18.3.